The molecule has 0 atom stereocenters. The second-order valence-corrected chi connectivity index (χ2v) is 5.68. The second kappa shape index (κ2) is 6.05. The molecule has 22 heavy (non-hydrogen) atoms. The number of rotatable bonds is 5. The Morgan fingerprint density at radius 1 is 1.32 bits per heavy atom. The summed E-state index contributed by atoms with van der Waals surface area (Å²) in [5, 5.41) is 12.6. The first kappa shape index (κ1) is 14.4. The molecule has 1 fully saturated rings. The van der Waals surface area contributed by atoms with E-state index in [0.29, 0.717) is 18.2 Å². The lowest BCUT2D eigenvalue weighted by molar-refractivity contribution is 0.0785. The van der Waals surface area contributed by atoms with Crippen molar-refractivity contribution in [3.63, 3.8) is 0 Å². The first-order valence-corrected chi connectivity index (χ1v) is 7.38. The quantitative estimate of drug-likeness (QED) is 0.890. The summed E-state index contributed by atoms with van der Waals surface area (Å²) in [6, 6.07) is 10.9. The Morgan fingerprint density at radius 2 is 2.05 bits per heavy atom. The zero-order valence-electron chi connectivity index (χ0n) is 12.5. The number of hydrogen-bond donors (Lipinski definition) is 2. The van der Waals surface area contributed by atoms with Crippen molar-refractivity contribution in [2.45, 2.75) is 25.4 Å². The van der Waals surface area contributed by atoms with Gasteiger partial charge in [-0.2, -0.15) is 0 Å². The monoisotopic (exact) mass is 297 g/mol. The maximum Gasteiger partial charge on any atom is 0.254 e. The Balaban J connectivity index is 1.67. The van der Waals surface area contributed by atoms with Crippen LogP contribution < -0.4 is 5.32 Å². The Hall–Kier alpha value is -2.56. The lowest BCUT2D eigenvalue weighted by Crippen LogP contribution is -2.26. The lowest BCUT2D eigenvalue weighted by Gasteiger charge is -2.18. The normalized spacial score (nSPS) is 13.7. The molecule has 1 aliphatic rings. The van der Waals surface area contributed by atoms with Gasteiger partial charge in [-0.1, -0.05) is 12.1 Å². The average Bonchev–Trinajstić information content (AvgIpc) is 3.33. The number of nitrogens with one attached hydrogen (secondary N) is 1. The summed E-state index contributed by atoms with van der Waals surface area (Å²) in [6.07, 6.45) is 3.99. The molecule has 1 heterocycles. The van der Waals surface area contributed by atoms with Gasteiger partial charge in [-0.05, 0) is 42.7 Å². The molecule has 114 valence electrons. The van der Waals surface area contributed by atoms with Crippen molar-refractivity contribution in [2.75, 3.05) is 12.4 Å². The summed E-state index contributed by atoms with van der Waals surface area (Å²) in [4.78, 5) is 18.4. The molecule has 5 nitrogen and oxygen atoms in total. The smallest absolute Gasteiger partial charge is 0.254 e. The van der Waals surface area contributed by atoms with Crippen LogP contribution in [-0.4, -0.2) is 34.0 Å². The van der Waals surface area contributed by atoms with Crippen molar-refractivity contribution < 1.29 is 9.90 Å². The topological polar surface area (TPSA) is 65.5 Å². The fourth-order valence-corrected chi connectivity index (χ4v) is 2.25. The number of aromatic hydroxyl groups is 1. The van der Waals surface area contributed by atoms with Gasteiger partial charge in [0.1, 0.15) is 11.6 Å². The molecule has 1 saturated carbocycles. The van der Waals surface area contributed by atoms with Gasteiger partial charge >= 0.3 is 0 Å². The van der Waals surface area contributed by atoms with Crippen LogP contribution in [0.1, 0.15) is 28.8 Å². The first-order chi connectivity index (χ1) is 10.6. The average molecular weight is 297 g/mol. The van der Waals surface area contributed by atoms with E-state index in [4.69, 9.17) is 0 Å². The summed E-state index contributed by atoms with van der Waals surface area (Å²) in [5.74, 6) is 0.934. The molecule has 0 spiro atoms. The SMILES string of the molecule is CN(Cc1ccc(O)cc1)C(=O)c1ccnc(NC2CC2)c1. The Labute approximate surface area is 129 Å². The summed E-state index contributed by atoms with van der Waals surface area (Å²) in [6.45, 7) is 0.493. The van der Waals surface area contributed by atoms with E-state index in [2.05, 4.69) is 10.3 Å². The largest absolute Gasteiger partial charge is 0.508 e. The maximum atomic E-state index is 12.5. The predicted molar refractivity (Wildman–Crippen MR) is 84.8 cm³/mol. The fourth-order valence-electron chi connectivity index (χ4n) is 2.25. The van der Waals surface area contributed by atoms with Crippen LogP contribution in [0.15, 0.2) is 42.6 Å². The van der Waals surface area contributed by atoms with Crippen molar-refractivity contribution in [1.29, 1.82) is 0 Å². The van der Waals surface area contributed by atoms with Crippen molar-refractivity contribution in [2.24, 2.45) is 0 Å². The van der Waals surface area contributed by atoms with E-state index >= 15 is 0 Å². The molecular formula is C17H19N3O2. The van der Waals surface area contributed by atoms with Crippen molar-refractivity contribution in [3.05, 3.63) is 53.7 Å². The van der Waals surface area contributed by atoms with Crippen LogP contribution in [0.5, 0.6) is 5.75 Å². The molecule has 0 saturated heterocycles. The van der Waals surface area contributed by atoms with Gasteiger partial charge in [-0.3, -0.25) is 4.79 Å². The Bertz CT molecular complexity index is 666. The molecule has 1 aromatic carbocycles. The molecular weight excluding hydrogens is 278 g/mol. The number of aromatic nitrogens is 1. The maximum absolute atomic E-state index is 12.5. The Kier molecular flexibility index (Phi) is 3.96. The number of amides is 1. The minimum absolute atomic E-state index is 0.0469. The molecule has 0 radical (unpaired) electrons. The van der Waals surface area contributed by atoms with E-state index in [0.717, 1.165) is 11.4 Å². The van der Waals surface area contributed by atoms with Crippen LogP contribution in [0.3, 0.4) is 0 Å². The Morgan fingerprint density at radius 3 is 2.73 bits per heavy atom. The highest BCUT2D eigenvalue weighted by atomic mass is 16.3. The van der Waals surface area contributed by atoms with Crippen LogP contribution in [0.4, 0.5) is 5.82 Å². The van der Waals surface area contributed by atoms with Gasteiger partial charge in [0, 0.05) is 31.4 Å². The third-order valence-electron chi connectivity index (χ3n) is 3.64. The number of benzene rings is 1. The van der Waals surface area contributed by atoms with E-state index in [-0.39, 0.29) is 11.7 Å². The third kappa shape index (κ3) is 3.55. The van der Waals surface area contributed by atoms with Gasteiger partial charge in [-0.15, -0.1) is 0 Å². The van der Waals surface area contributed by atoms with Crippen LogP contribution in [0.25, 0.3) is 0 Å². The minimum atomic E-state index is -0.0469. The van der Waals surface area contributed by atoms with E-state index in [1.54, 1.807) is 42.4 Å². The molecule has 1 aromatic heterocycles. The zero-order valence-corrected chi connectivity index (χ0v) is 12.5. The van der Waals surface area contributed by atoms with Crippen LogP contribution >= 0.6 is 0 Å². The number of carbonyl (C=O) groups excluding carboxylic acids is 1. The van der Waals surface area contributed by atoms with Gasteiger partial charge in [0.2, 0.25) is 0 Å². The summed E-state index contributed by atoms with van der Waals surface area (Å²) in [7, 11) is 1.77. The van der Waals surface area contributed by atoms with E-state index in [9.17, 15) is 9.90 Å². The summed E-state index contributed by atoms with van der Waals surface area (Å²) >= 11 is 0. The number of nitrogens with zero attached hydrogens (tertiary/aromatic N) is 2. The molecule has 2 aromatic rings. The zero-order chi connectivity index (χ0) is 15.5. The molecule has 0 bridgehead atoms. The molecule has 3 rings (SSSR count). The molecule has 2 N–H and O–H groups in total. The van der Waals surface area contributed by atoms with E-state index < -0.39 is 0 Å². The third-order valence-corrected chi connectivity index (χ3v) is 3.64. The van der Waals surface area contributed by atoms with E-state index in [1.807, 2.05) is 12.1 Å². The second-order valence-electron chi connectivity index (χ2n) is 5.68. The van der Waals surface area contributed by atoms with Gasteiger partial charge < -0.3 is 15.3 Å². The highest BCUT2D eigenvalue weighted by molar-refractivity contribution is 5.94. The number of phenolic OH excluding ortho intramolecular Hbond substituents is 1. The van der Waals surface area contributed by atoms with Gasteiger partial charge in [0.25, 0.3) is 5.91 Å². The lowest BCUT2D eigenvalue weighted by atomic mass is 10.2. The molecule has 1 amide bonds. The number of hydrogen-bond acceptors (Lipinski definition) is 4. The standard InChI is InChI=1S/C17H19N3O2/c1-20(11-12-2-6-15(21)7-3-12)17(22)13-8-9-18-16(10-13)19-14-4-5-14/h2-3,6-10,14,21H,4-5,11H2,1H3,(H,18,19). The van der Waals surface area contributed by atoms with Crippen molar-refractivity contribution in [3.8, 4) is 5.75 Å². The fraction of sp³-hybridized carbons (Fsp3) is 0.294. The van der Waals surface area contributed by atoms with Gasteiger partial charge in [0.05, 0.1) is 0 Å². The van der Waals surface area contributed by atoms with Gasteiger partial charge in [-0.25, -0.2) is 4.98 Å². The van der Waals surface area contributed by atoms with E-state index in [1.165, 1.54) is 12.8 Å². The number of carbonyl (C=O) groups is 1. The highest BCUT2D eigenvalue weighted by Crippen LogP contribution is 2.24. The minimum Gasteiger partial charge on any atom is -0.508 e. The number of pyridine rings is 1. The van der Waals surface area contributed by atoms with Crippen LogP contribution in [0.2, 0.25) is 0 Å². The summed E-state index contributed by atoms with van der Waals surface area (Å²) < 4.78 is 0. The van der Waals surface area contributed by atoms with Crippen molar-refractivity contribution in [1.82, 2.24) is 9.88 Å². The predicted octanol–water partition coefficient (Wildman–Crippen LogP) is 2.63. The molecule has 1 aliphatic carbocycles. The summed E-state index contributed by atoms with van der Waals surface area (Å²) in [5.41, 5.74) is 1.60. The highest BCUT2D eigenvalue weighted by Gasteiger charge is 2.22. The number of phenols is 1. The van der Waals surface area contributed by atoms with Gasteiger partial charge in [0.15, 0.2) is 0 Å². The number of anilines is 1. The first-order valence-electron chi connectivity index (χ1n) is 7.38. The van der Waals surface area contributed by atoms with Crippen molar-refractivity contribution >= 4 is 11.7 Å². The molecule has 0 unspecified atom stereocenters. The van der Waals surface area contributed by atoms with Crippen LogP contribution in [0, 0.1) is 0 Å². The molecule has 0 aliphatic heterocycles. The molecule has 5 heteroatoms. The van der Waals surface area contributed by atoms with Crippen LogP contribution in [-0.2, 0) is 6.54 Å².